The smallest absolute Gasteiger partial charge is 0.343 e. The van der Waals surface area contributed by atoms with E-state index in [0.29, 0.717) is 30.9 Å². The first kappa shape index (κ1) is 28.0. The van der Waals surface area contributed by atoms with E-state index >= 15 is 0 Å². The molecule has 13 nitrogen and oxygen atoms in total. The lowest BCUT2D eigenvalue weighted by atomic mass is 9.50. The van der Waals surface area contributed by atoms with Gasteiger partial charge in [-0.15, -0.1) is 0 Å². The molecule has 5 rings (SSSR count). The number of rotatable bonds is 9. The zero-order chi connectivity index (χ0) is 29.1. The number of Topliss-reactive ketones (excluding diaryl/α,β-unsaturated/α-hetero) is 1. The molecule has 4 N–H and O–H groups in total. The maximum atomic E-state index is 12.9. The van der Waals surface area contributed by atoms with E-state index in [1.165, 1.54) is 13.2 Å². The number of carboxylic acid groups (broad SMARTS) is 1. The molecule has 1 spiro atoms. The molecule has 2 bridgehead atoms. The minimum Gasteiger partial charge on any atom is -0.493 e. The molecule has 2 aliphatic carbocycles. The van der Waals surface area contributed by atoms with Crippen molar-refractivity contribution in [3.63, 3.8) is 0 Å². The number of esters is 2. The number of methoxy groups -OCH3 is 1. The molecule has 216 valence electrons. The van der Waals surface area contributed by atoms with Gasteiger partial charge in [-0.05, 0) is 51.1 Å². The van der Waals surface area contributed by atoms with Crippen LogP contribution < -0.4 is 9.47 Å². The number of carbonyl (C=O) groups is 4. The number of aliphatic carboxylic acids is 1. The Balaban J connectivity index is 1.41. The number of aliphatic hydroxyl groups excluding tert-OH is 2. The first-order chi connectivity index (χ1) is 18.9. The number of likely N-dealkylation sites (tertiary alicyclic amines) is 1. The van der Waals surface area contributed by atoms with Gasteiger partial charge in [0.05, 0.1) is 24.5 Å². The fourth-order valence-corrected chi connectivity index (χ4v) is 6.66. The van der Waals surface area contributed by atoms with Crippen molar-refractivity contribution >= 4 is 23.7 Å². The summed E-state index contributed by atoms with van der Waals surface area (Å²) in [6.45, 7) is 1.62. The highest BCUT2D eigenvalue weighted by molar-refractivity contribution is 5.90. The van der Waals surface area contributed by atoms with Crippen molar-refractivity contribution in [2.24, 2.45) is 0 Å². The first-order valence-electron chi connectivity index (χ1n) is 12.9. The van der Waals surface area contributed by atoms with Gasteiger partial charge in [0, 0.05) is 18.0 Å². The van der Waals surface area contributed by atoms with Gasteiger partial charge in [0.15, 0.2) is 41.7 Å². The first-order valence-corrected chi connectivity index (χ1v) is 12.9. The van der Waals surface area contributed by atoms with Crippen molar-refractivity contribution in [1.82, 2.24) is 4.90 Å². The van der Waals surface area contributed by atoms with Gasteiger partial charge < -0.3 is 44.3 Å². The second-order valence-electron chi connectivity index (χ2n) is 10.7. The Morgan fingerprint density at radius 2 is 1.88 bits per heavy atom. The number of hydrogen-bond donors (Lipinski definition) is 4. The van der Waals surface area contributed by atoms with Gasteiger partial charge in [-0.2, -0.15) is 0 Å². The highest BCUT2D eigenvalue weighted by atomic mass is 16.6. The number of ether oxygens (including phenoxy) is 4. The van der Waals surface area contributed by atoms with Gasteiger partial charge in [0.1, 0.15) is 5.76 Å². The summed E-state index contributed by atoms with van der Waals surface area (Å²) in [5, 5.41) is 41.8. The summed E-state index contributed by atoms with van der Waals surface area (Å²) in [4.78, 5) is 49.9. The van der Waals surface area contributed by atoms with Crippen LogP contribution in [0.5, 0.6) is 11.5 Å². The highest BCUT2D eigenvalue weighted by Gasteiger charge is 2.72. The Kier molecular flexibility index (Phi) is 6.89. The molecular weight excluding hydrogens is 530 g/mol. The van der Waals surface area contributed by atoms with Gasteiger partial charge in [0.25, 0.3) is 0 Å². The Morgan fingerprint density at radius 3 is 2.52 bits per heavy atom. The minimum atomic E-state index is -2.46. The molecule has 2 aliphatic heterocycles. The van der Waals surface area contributed by atoms with Crippen LogP contribution in [0.15, 0.2) is 24.0 Å². The van der Waals surface area contributed by atoms with E-state index < -0.39 is 65.5 Å². The molecule has 40 heavy (non-hydrogen) atoms. The maximum Gasteiger partial charge on any atom is 0.343 e. The van der Waals surface area contributed by atoms with E-state index in [1.807, 2.05) is 13.1 Å². The molecular formula is C27H31NO12. The summed E-state index contributed by atoms with van der Waals surface area (Å²) in [5.41, 5.74) is -0.478. The molecule has 0 saturated carbocycles. The molecule has 0 radical (unpaired) electrons. The molecule has 13 heteroatoms. The number of benzene rings is 1. The van der Waals surface area contributed by atoms with Crippen LogP contribution in [0.1, 0.15) is 37.3 Å². The topological polar surface area (TPSA) is 189 Å². The standard InChI is InChI=1S/C27H31NO12/c1-12(29)16(11-18(30)31)39-25(35)21(33)20(32)24(34)38-15-6-7-27(36)17-10-13-4-5-14(37-3)22-19(13)26(27,23(15)40-22)8-9-28(17)2/h4-6,16-17,20-21,23,32-33,36H,7-11H2,1-3H3,(H,30,31)/t16-,17-,20-,21-,23+,26+,27-/m1/s1. The van der Waals surface area contributed by atoms with Crippen LogP contribution in [0.25, 0.3) is 0 Å². The van der Waals surface area contributed by atoms with Crippen molar-refractivity contribution in [3.8, 4) is 11.5 Å². The predicted octanol–water partition coefficient (Wildman–Crippen LogP) is -0.787. The van der Waals surface area contributed by atoms with Crippen LogP contribution in [-0.4, -0.2) is 106 Å². The summed E-state index contributed by atoms with van der Waals surface area (Å²) in [7, 11) is 3.44. The number of likely N-dealkylation sites (N-methyl/N-ethyl adjacent to an activating group) is 1. The Morgan fingerprint density at radius 1 is 1.18 bits per heavy atom. The lowest BCUT2D eigenvalue weighted by Crippen LogP contribution is -2.74. The van der Waals surface area contributed by atoms with Crippen molar-refractivity contribution < 1.29 is 58.6 Å². The number of nitrogens with zero attached hydrogens (tertiary/aromatic N) is 1. The van der Waals surface area contributed by atoms with Crippen molar-refractivity contribution in [2.45, 2.75) is 74.1 Å². The molecule has 7 atom stereocenters. The van der Waals surface area contributed by atoms with Crippen LogP contribution in [0.4, 0.5) is 0 Å². The normalized spacial score (nSPS) is 30.1. The van der Waals surface area contributed by atoms with Crippen LogP contribution >= 0.6 is 0 Å². The van der Waals surface area contributed by atoms with E-state index in [4.69, 9.17) is 24.1 Å². The Labute approximate surface area is 228 Å². The fraction of sp³-hybridized carbons (Fsp3) is 0.556. The van der Waals surface area contributed by atoms with Crippen LogP contribution in [0, 0.1) is 0 Å². The van der Waals surface area contributed by atoms with E-state index in [9.17, 15) is 34.5 Å². The third-order valence-corrected chi connectivity index (χ3v) is 8.63. The van der Waals surface area contributed by atoms with Gasteiger partial charge in [-0.25, -0.2) is 9.59 Å². The van der Waals surface area contributed by atoms with E-state index in [-0.39, 0.29) is 18.2 Å². The maximum absolute atomic E-state index is 12.9. The average molecular weight is 562 g/mol. The lowest BCUT2D eigenvalue weighted by molar-refractivity contribution is -0.181. The summed E-state index contributed by atoms with van der Waals surface area (Å²) < 4.78 is 22.1. The number of aliphatic hydroxyl groups is 3. The van der Waals surface area contributed by atoms with E-state index in [2.05, 4.69) is 4.90 Å². The quantitative estimate of drug-likeness (QED) is 0.275. The molecule has 0 aromatic heterocycles. The second kappa shape index (κ2) is 9.84. The van der Waals surface area contributed by atoms with Gasteiger partial charge >= 0.3 is 17.9 Å². The summed E-state index contributed by atoms with van der Waals surface area (Å²) >= 11 is 0. The minimum absolute atomic E-state index is 0.00353. The zero-order valence-corrected chi connectivity index (χ0v) is 22.2. The number of ketones is 1. The summed E-state index contributed by atoms with van der Waals surface area (Å²) in [6.07, 6.45) is -5.75. The van der Waals surface area contributed by atoms with E-state index in [1.54, 1.807) is 6.07 Å². The number of carbonyl (C=O) groups excluding carboxylic acids is 3. The zero-order valence-electron chi connectivity index (χ0n) is 22.2. The van der Waals surface area contributed by atoms with Crippen LogP contribution in [-0.2, 0) is 40.5 Å². The van der Waals surface area contributed by atoms with Gasteiger partial charge in [0.2, 0.25) is 0 Å². The van der Waals surface area contributed by atoms with Crippen molar-refractivity contribution in [3.05, 3.63) is 35.1 Å². The number of piperidine rings is 1. The summed E-state index contributed by atoms with van der Waals surface area (Å²) in [6, 6.07) is 3.47. The molecule has 1 saturated heterocycles. The Bertz CT molecular complexity index is 1310. The number of hydrogen-bond acceptors (Lipinski definition) is 12. The van der Waals surface area contributed by atoms with Crippen molar-refractivity contribution in [1.29, 1.82) is 0 Å². The van der Waals surface area contributed by atoms with Crippen molar-refractivity contribution in [2.75, 3.05) is 20.7 Å². The van der Waals surface area contributed by atoms with Crippen LogP contribution in [0.2, 0.25) is 0 Å². The lowest BCUT2D eigenvalue weighted by Gasteiger charge is -2.61. The molecule has 4 aliphatic rings. The molecule has 1 aromatic rings. The van der Waals surface area contributed by atoms with Gasteiger partial charge in [-0.1, -0.05) is 6.07 Å². The van der Waals surface area contributed by atoms with Gasteiger partial charge in [-0.3, -0.25) is 9.59 Å². The molecule has 1 aromatic carbocycles. The second-order valence-corrected chi connectivity index (χ2v) is 10.7. The SMILES string of the molecule is COc1ccc2c3c1O[C@H]1C(OC(=O)[C@H](O)[C@@H](O)C(=O)O[C@H](CC(=O)O)C(C)=O)=CC[C@@]4(O)[C@@H](C2)N(C)CC[C@]314. The molecule has 0 unspecified atom stereocenters. The monoisotopic (exact) mass is 561 g/mol. The third-order valence-electron chi connectivity index (χ3n) is 8.63. The Hall–Kier alpha value is -3.52. The fourth-order valence-electron chi connectivity index (χ4n) is 6.66. The molecule has 2 heterocycles. The predicted molar refractivity (Wildman–Crippen MR) is 132 cm³/mol. The summed E-state index contributed by atoms with van der Waals surface area (Å²) in [5.74, 6) is -4.31. The molecule has 0 amide bonds. The highest BCUT2D eigenvalue weighted by Crippen LogP contribution is 2.65. The number of carboxylic acids is 1. The largest absolute Gasteiger partial charge is 0.493 e. The molecule has 1 fully saturated rings. The average Bonchev–Trinajstić information content (AvgIpc) is 3.26. The van der Waals surface area contributed by atoms with E-state index in [0.717, 1.165) is 18.1 Å². The third kappa shape index (κ3) is 3.99. The van der Waals surface area contributed by atoms with Crippen LogP contribution in [0.3, 0.4) is 0 Å².